The van der Waals surface area contributed by atoms with Gasteiger partial charge in [-0.05, 0) is 6.16 Å². The van der Waals surface area contributed by atoms with Crippen molar-refractivity contribution >= 4 is 13.5 Å². The summed E-state index contributed by atoms with van der Waals surface area (Å²) in [6, 6.07) is 0. The lowest BCUT2D eigenvalue weighted by molar-refractivity contribution is -0.313. The normalized spacial score (nSPS) is 11.1. The van der Waals surface area contributed by atoms with Crippen LogP contribution in [-0.4, -0.2) is 18.6 Å². The van der Waals surface area contributed by atoms with E-state index in [-0.39, 0.29) is 12.5 Å². The highest BCUT2D eigenvalue weighted by Gasteiger charge is 1.92. The molecule has 5 nitrogen and oxygen atoms in total. The maximum Gasteiger partial charge on any atom is 0.216 e. The summed E-state index contributed by atoms with van der Waals surface area (Å²) in [6.45, 7) is 1.15. The van der Waals surface area contributed by atoms with Crippen molar-refractivity contribution in [3.8, 4) is 0 Å². The quantitative estimate of drug-likeness (QED) is 0.491. The SMILES string of the molecule is CC(=O)NCCP(=O)([O-])[O-]. The standard InChI is InChI=1S/C4H10NO4P/c1-4(6)5-2-3-10(7,8)9/h2-3H2,1H3,(H,5,6)(H2,7,8,9)/p-2. The molecule has 1 N–H and O–H groups in total. The summed E-state index contributed by atoms with van der Waals surface area (Å²) in [7, 11) is -4.44. The van der Waals surface area contributed by atoms with Crippen molar-refractivity contribution in [3.05, 3.63) is 0 Å². The van der Waals surface area contributed by atoms with Gasteiger partial charge in [0.25, 0.3) is 0 Å². The van der Waals surface area contributed by atoms with Crippen molar-refractivity contribution in [1.29, 1.82) is 0 Å². The molecule has 0 unspecified atom stereocenters. The summed E-state index contributed by atoms with van der Waals surface area (Å²) in [6.07, 6.45) is -0.521. The largest absolute Gasteiger partial charge is 0.811 e. The molecule has 0 bridgehead atoms. The van der Waals surface area contributed by atoms with Crippen LogP contribution in [0.3, 0.4) is 0 Å². The minimum absolute atomic E-state index is 0.0976. The zero-order valence-electron chi connectivity index (χ0n) is 5.49. The van der Waals surface area contributed by atoms with Crippen LogP contribution in [0.25, 0.3) is 0 Å². The fourth-order valence-electron chi connectivity index (χ4n) is 0.369. The van der Waals surface area contributed by atoms with E-state index in [9.17, 15) is 19.1 Å². The number of rotatable bonds is 3. The summed E-state index contributed by atoms with van der Waals surface area (Å²) in [5.74, 6) is -0.339. The Morgan fingerprint density at radius 1 is 1.60 bits per heavy atom. The van der Waals surface area contributed by atoms with Crippen LogP contribution in [-0.2, 0) is 9.36 Å². The first-order chi connectivity index (χ1) is 4.42. The molecule has 0 aliphatic heterocycles. The Labute approximate surface area is 58.6 Å². The monoisotopic (exact) mass is 165 g/mol. The molecule has 0 saturated carbocycles. The Balaban J connectivity index is 3.39. The second kappa shape index (κ2) is 3.71. The third-order valence-corrected chi connectivity index (χ3v) is 1.53. The number of carbonyl (C=O) groups excluding carboxylic acids is 1. The molecule has 0 aromatic heterocycles. The summed E-state index contributed by atoms with van der Waals surface area (Å²) in [4.78, 5) is 30.0. The molecule has 1 amide bonds. The summed E-state index contributed by atoms with van der Waals surface area (Å²) in [5, 5.41) is 2.19. The first-order valence-corrected chi connectivity index (χ1v) is 4.40. The Morgan fingerprint density at radius 3 is 2.40 bits per heavy atom. The van der Waals surface area contributed by atoms with Crippen molar-refractivity contribution in [2.24, 2.45) is 0 Å². The molecule has 60 valence electrons. The van der Waals surface area contributed by atoms with Crippen molar-refractivity contribution in [2.75, 3.05) is 12.7 Å². The number of amides is 1. The highest BCUT2D eigenvalue weighted by molar-refractivity contribution is 7.48. The molecule has 0 saturated heterocycles. The van der Waals surface area contributed by atoms with E-state index >= 15 is 0 Å². The lowest BCUT2D eigenvalue weighted by atomic mass is 10.6. The molecule has 10 heavy (non-hydrogen) atoms. The minimum atomic E-state index is -4.44. The smallest absolute Gasteiger partial charge is 0.216 e. The number of hydrogen-bond acceptors (Lipinski definition) is 4. The molecule has 0 aliphatic carbocycles. The van der Waals surface area contributed by atoms with Gasteiger partial charge in [0.2, 0.25) is 5.91 Å². The highest BCUT2D eigenvalue weighted by Crippen LogP contribution is 2.20. The van der Waals surface area contributed by atoms with E-state index in [1.54, 1.807) is 0 Å². The zero-order chi connectivity index (χ0) is 8.20. The second-order valence-electron chi connectivity index (χ2n) is 1.82. The van der Waals surface area contributed by atoms with Crippen LogP contribution in [0, 0.1) is 0 Å². The van der Waals surface area contributed by atoms with Crippen LogP contribution in [0.5, 0.6) is 0 Å². The molecule has 6 heteroatoms. The molecule has 0 aromatic rings. The average Bonchev–Trinajstić information content (AvgIpc) is 1.59. The fourth-order valence-corrected chi connectivity index (χ4v) is 0.755. The average molecular weight is 165 g/mol. The summed E-state index contributed by atoms with van der Waals surface area (Å²) >= 11 is 0. The fraction of sp³-hybridized carbons (Fsp3) is 0.750. The van der Waals surface area contributed by atoms with Gasteiger partial charge in [-0.3, -0.25) is 4.79 Å². The Kier molecular flexibility index (Phi) is 3.57. The van der Waals surface area contributed by atoms with Gasteiger partial charge in [-0.25, -0.2) is 0 Å². The molecule has 0 radical (unpaired) electrons. The number of nitrogens with one attached hydrogen (secondary N) is 1. The van der Waals surface area contributed by atoms with Gasteiger partial charge in [0.1, 0.15) is 0 Å². The van der Waals surface area contributed by atoms with Crippen LogP contribution in [0.4, 0.5) is 0 Å². The molecule has 0 aliphatic rings. The Bertz CT molecular complexity index is 163. The van der Waals surface area contributed by atoms with Crippen molar-refractivity contribution in [2.45, 2.75) is 6.92 Å². The van der Waals surface area contributed by atoms with Gasteiger partial charge in [0.05, 0.1) is 0 Å². The first-order valence-electron chi connectivity index (χ1n) is 2.67. The van der Waals surface area contributed by atoms with Crippen molar-refractivity contribution < 1.29 is 19.1 Å². The predicted octanol–water partition coefficient (Wildman–Crippen LogP) is -1.96. The molecule has 0 rings (SSSR count). The zero-order valence-corrected chi connectivity index (χ0v) is 6.39. The lowest BCUT2D eigenvalue weighted by Gasteiger charge is -2.28. The minimum Gasteiger partial charge on any atom is -0.811 e. The van der Waals surface area contributed by atoms with Crippen molar-refractivity contribution in [3.63, 3.8) is 0 Å². The molecule has 0 aromatic carbocycles. The van der Waals surface area contributed by atoms with Gasteiger partial charge in [-0.2, -0.15) is 0 Å². The van der Waals surface area contributed by atoms with Crippen LogP contribution in [0.15, 0.2) is 0 Å². The van der Waals surface area contributed by atoms with E-state index in [1.165, 1.54) is 6.92 Å². The van der Waals surface area contributed by atoms with Crippen LogP contribution < -0.4 is 15.1 Å². The van der Waals surface area contributed by atoms with Gasteiger partial charge < -0.3 is 19.7 Å². The second-order valence-corrected chi connectivity index (χ2v) is 3.49. The van der Waals surface area contributed by atoms with Crippen molar-refractivity contribution in [1.82, 2.24) is 5.32 Å². The maximum absolute atomic E-state index is 10.1. The summed E-state index contributed by atoms with van der Waals surface area (Å²) < 4.78 is 9.93. The first kappa shape index (κ1) is 9.62. The van der Waals surface area contributed by atoms with E-state index in [1.807, 2.05) is 0 Å². The maximum atomic E-state index is 10.1. The topological polar surface area (TPSA) is 92.3 Å². The van der Waals surface area contributed by atoms with Gasteiger partial charge >= 0.3 is 0 Å². The van der Waals surface area contributed by atoms with Crippen LogP contribution in [0.1, 0.15) is 6.92 Å². The molecule has 0 heterocycles. The van der Waals surface area contributed by atoms with Gasteiger partial charge in [-0.15, -0.1) is 0 Å². The van der Waals surface area contributed by atoms with Gasteiger partial charge in [-0.1, -0.05) is 7.60 Å². The number of hydrogen-bond donors (Lipinski definition) is 1. The van der Waals surface area contributed by atoms with E-state index in [4.69, 9.17) is 0 Å². The molecular formula is C4H8NO4P-2. The number of carbonyl (C=O) groups is 1. The highest BCUT2D eigenvalue weighted by atomic mass is 31.2. The Hall–Kier alpha value is -0.380. The van der Waals surface area contributed by atoms with E-state index in [2.05, 4.69) is 5.32 Å². The third kappa shape index (κ3) is 7.62. The van der Waals surface area contributed by atoms with Gasteiger partial charge in [0.15, 0.2) is 0 Å². The molecular weight excluding hydrogens is 157 g/mol. The van der Waals surface area contributed by atoms with E-state index < -0.39 is 13.8 Å². The molecule has 0 spiro atoms. The molecule has 0 fully saturated rings. The predicted molar refractivity (Wildman–Crippen MR) is 31.2 cm³/mol. The lowest BCUT2D eigenvalue weighted by Crippen LogP contribution is -2.28. The van der Waals surface area contributed by atoms with E-state index in [0.717, 1.165) is 0 Å². The van der Waals surface area contributed by atoms with Crippen LogP contribution >= 0.6 is 7.60 Å². The molecule has 0 atom stereocenters. The Morgan fingerprint density at radius 2 is 2.10 bits per heavy atom. The van der Waals surface area contributed by atoms with Crippen LogP contribution in [0.2, 0.25) is 0 Å². The van der Waals surface area contributed by atoms with Gasteiger partial charge in [0, 0.05) is 13.5 Å². The summed E-state index contributed by atoms with van der Waals surface area (Å²) in [5.41, 5.74) is 0. The van der Waals surface area contributed by atoms with E-state index in [0.29, 0.717) is 0 Å². The third-order valence-electron chi connectivity index (χ3n) is 0.760.